The predicted molar refractivity (Wildman–Crippen MR) is 213 cm³/mol. The normalized spacial score (nSPS) is 12.5. The minimum atomic E-state index is -0.0214. The summed E-state index contributed by atoms with van der Waals surface area (Å²) in [7, 11) is 0. The first-order chi connectivity index (χ1) is 24.6. The van der Waals surface area contributed by atoms with Crippen molar-refractivity contribution in [2.45, 2.75) is 79.6 Å². The second-order valence-electron chi connectivity index (χ2n) is 14.8. The Morgan fingerprint density at radius 2 is 1.42 bits per heavy atom. The number of aliphatic hydroxyl groups excluding tert-OH is 1. The number of hydrogen-bond acceptors (Lipinski definition) is 4. The SMILES string of the molecule is CC(C)(C)c1cc(-c2nc3cccc4c5cccc6oc7cccc(c7c65)n2c34)[c-]c2ccccc12.CCC(CC)C(=O)/C=C(\O)C(CC)CC.[Ir]. The summed E-state index contributed by atoms with van der Waals surface area (Å²) in [6.45, 7) is 14.9. The number of benzene rings is 5. The van der Waals surface area contributed by atoms with Crippen LogP contribution in [0.15, 0.2) is 101 Å². The number of carbonyl (C=O) groups excluding carboxylic acids is 1. The Labute approximate surface area is 319 Å². The Morgan fingerprint density at radius 1 is 0.808 bits per heavy atom. The first-order valence-corrected chi connectivity index (χ1v) is 18.5. The van der Waals surface area contributed by atoms with Crippen molar-refractivity contribution in [2.75, 3.05) is 0 Å². The third-order valence-corrected chi connectivity index (χ3v) is 10.6. The zero-order chi connectivity index (χ0) is 36.0. The molecule has 5 aromatic carbocycles. The van der Waals surface area contributed by atoms with Gasteiger partial charge in [-0.25, -0.2) is 0 Å². The van der Waals surface area contributed by atoms with Gasteiger partial charge in [0.25, 0.3) is 0 Å². The Balaban J connectivity index is 0.000000250. The Morgan fingerprint density at radius 3 is 2.12 bits per heavy atom. The van der Waals surface area contributed by atoms with Crippen LogP contribution >= 0.6 is 0 Å². The second kappa shape index (κ2) is 14.8. The number of para-hydroxylation sites is 1. The largest absolute Gasteiger partial charge is 0.512 e. The standard InChI is InChI=1S/C33H23N2O.C13H24O2.Ir/c1-33(2,3)24-18-20(17-19-9-4-5-10-21(19)24)32-34-25-13-6-12-23-22-11-7-15-27-29(22)30-26(35(32)31(23)25)14-8-16-28(30)36-27;1-5-10(6-2)12(14)9-13(15)11(7-3)8-4;/h4-16,18H,1-3H3;9-11,14H,5-8H2,1-4H3;/q-1;;/b;12-9-;. The van der Waals surface area contributed by atoms with Crippen LogP contribution in [0.3, 0.4) is 0 Å². The van der Waals surface area contributed by atoms with Crippen molar-refractivity contribution < 1.29 is 34.4 Å². The molecule has 8 aromatic rings. The molecular formula is C46H47IrN2O3-. The molecule has 5 nitrogen and oxygen atoms in total. The summed E-state index contributed by atoms with van der Waals surface area (Å²) in [5.41, 5.74) is 7.30. The van der Waals surface area contributed by atoms with Gasteiger partial charge in [-0.15, -0.1) is 29.1 Å². The Hall–Kier alpha value is -4.51. The quantitative estimate of drug-likeness (QED) is 0.0938. The van der Waals surface area contributed by atoms with Crippen molar-refractivity contribution in [2.24, 2.45) is 11.8 Å². The third kappa shape index (κ3) is 6.41. The summed E-state index contributed by atoms with van der Waals surface area (Å²) in [5.74, 6) is 1.45. The number of rotatable bonds is 8. The number of nitrogens with zero attached hydrogens (tertiary/aromatic N) is 2. The van der Waals surface area contributed by atoms with Crippen LogP contribution in [-0.4, -0.2) is 20.3 Å². The molecule has 0 aliphatic rings. The van der Waals surface area contributed by atoms with E-state index in [-0.39, 0.29) is 48.9 Å². The first-order valence-electron chi connectivity index (χ1n) is 18.5. The number of aliphatic hydroxyl groups is 1. The van der Waals surface area contributed by atoms with E-state index in [1.165, 1.54) is 33.2 Å². The predicted octanol–water partition coefficient (Wildman–Crippen LogP) is 12.8. The summed E-state index contributed by atoms with van der Waals surface area (Å²) in [5, 5.41) is 16.8. The number of ketones is 1. The van der Waals surface area contributed by atoms with Gasteiger partial charge in [-0.05, 0) is 60.7 Å². The van der Waals surface area contributed by atoms with Crippen molar-refractivity contribution in [1.29, 1.82) is 0 Å². The monoisotopic (exact) mass is 868 g/mol. The minimum Gasteiger partial charge on any atom is -0.512 e. The van der Waals surface area contributed by atoms with E-state index in [2.05, 4.69) is 116 Å². The zero-order valence-electron chi connectivity index (χ0n) is 31.1. The van der Waals surface area contributed by atoms with Crippen molar-refractivity contribution >= 4 is 65.8 Å². The molecule has 0 atom stereocenters. The Kier molecular flexibility index (Phi) is 10.6. The van der Waals surface area contributed by atoms with Gasteiger partial charge in [0.1, 0.15) is 11.2 Å². The van der Waals surface area contributed by atoms with Crippen LogP contribution in [0, 0.1) is 17.9 Å². The van der Waals surface area contributed by atoms with Gasteiger partial charge < -0.3 is 13.9 Å². The van der Waals surface area contributed by atoms with Gasteiger partial charge in [-0.2, -0.15) is 0 Å². The number of allylic oxidation sites excluding steroid dienone is 2. The summed E-state index contributed by atoms with van der Waals surface area (Å²) in [6, 6.07) is 33.7. The van der Waals surface area contributed by atoms with Crippen molar-refractivity contribution in [3.05, 3.63) is 108 Å². The van der Waals surface area contributed by atoms with Crippen LogP contribution in [0.2, 0.25) is 0 Å². The molecular weight excluding hydrogens is 821 g/mol. The van der Waals surface area contributed by atoms with E-state index in [1.54, 1.807) is 0 Å². The molecule has 1 radical (unpaired) electrons. The van der Waals surface area contributed by atoms with Gasteiger partial charge in [-0.3, -0.25) is 9.78 Å². The molecule has 6 heteroatoms. The molecule has 52 heavy (non-hydrogen) atoms. The van der Waals surface area contributed by atoms with Gasteiger partial charge in [0, 0.05) is 48.8 Å². The molecule has 0 fully saturated rings. The van der Waals surface area contributed by atoms with Gasteiger partial charge in [0.2, 0.25) is 0 Å². The van der Waals surface area contributed by atoms with E-state index in [4.69, 9.17) is 9.40 Å². The maximum absolute atomic E-state index is 11.7. The van der Waals surface area contributed by atoms with E-state index in [1.807, 2.05) is 27.7 Å². The maximum Gasteiger partial charge on any atom is 0.162 e. The van der Waals surface area contributed by atoms with Crippen LogP contribution < -0.4 is 0 Å². The molecule has 0 saturated carbocycles. The van der Waals surface area contributed by atoms with Gasteiger partial charge >= 0.3 is 0 Å². The molecule has 0 aliphatic carbocycles. The zero-order valence-corrected chi connectivity index (χ0v) is 33.5. The molecule has 0 unspecified atom stereocenters. The fourth-order valence-electron chi connectivity index (χ4n) is 7.77. The van der Waals surface area contributed by atoms with Gasteiger partial charge in [0.05, 0.1) is 33.5 Å². The number of fused-ring (bicyclic) bond motifs is 3. The summed E-state index contributed by atoms with van der Waals surface area (Å²) < 4.78 is 8.65. The third-order valence-electron chi connectivity index (χ3n) is 10.6. The molecule has 3 aromatic heterocycles. The van der Waals surface area contributed by atoms with Crippen LogP contribution in [0.1, 0.15) is 79.7 Å². The number of imidazole rings is 1. The molecule has 1 N–H and O–H groups in total. The number of carbonyl (C=O) groups is 1. The van der Waals surface area contributed by atoms with E-state index < -0.39 is 0 Å². The second-order valence-corrected chi connectivity index (χ2v) is 14.8. The topological polar surface area (TPSA) is 67.7 Å². The Bertz CT molecular complexity index is 2560. The van der Waals surface area contributed by atoms with Crippen LogP contribution in [0.5, 0.6) is 0 Å². The van der Waals surface area contributed by atoms with Crippen molar-refractivity contribution in [3.63, 3.8) is 0 Å². The number of aromatic nitrogens is 2. The minimum absolute atomic E-state index is 0. The van der Waals surface area contributed by atoms with Gasteiger partial charge in [0.15, 0.2) is 5.78 Å². The molecule has 0 spiro atoms. The average molecular weight is 868 g/mol. The average Bonchev–Trinajstić information content (AvgIpc) is 3.67. The summed E-state index contributed by atoms with van der Waals surface area (Å²) in [6.07, 6.45) is 4.91. The molecule has 8 rings (SSSR count). The van der Waals surface area contributed by atoms with Crippen LogP contribution in [0.25, 0.3) is 71.4 Å². The molecule has 0 saturated heterocycles. The molecule has 0 bridgehead atoms. The smallest absolute Gasteiger partial charge is 0.162 e. The van der Waals surface area contributed by atoms with Crippen molar-refractivity contribution in [3.8, 4) is 11.4 Å². The molecule has 0 aliphatic heterocycles. The first kappa shape index (κ1) is 37.3. The summed E-state index contributed by atoms with van der Waals surface area (Å²) in [4.78, 5) is 17.0. The number of hydrogen-bond donors (Lipinski definition) is 1. The van der Waals surface area contributed by atoms with Gasteiger partial charge in [-0.1, -0.05) is 108 Å². The van der Waals surface area contributed by atoms with Crippen LogP contribution in [0.4, 0.5) is 0 Å². The van der Waals surface area contributed by atoms with Crippen molar-refractivity contribution in [1.82, 2.24) is 9.38 Å². The fraction of sp³-hybridized carbons (Fsp3) is 0.304. The summed E-state index contributed by atoms with van der Waals surface area (Å²) >= 11 is 0. The fourth-order valence-corrected chi connectivity index (χ4v) is 7.77. The van der Waals surface area contributed by atoms with E-state index >= 15 is 0 Å². The molecule has 269 valence electrons. The molecule has 3 heterocycles. The van der Waals surface area contributed by atoms with Crippen LogP contribution in [-0.2, 0) is 30.3 Å². The number of furan rings is 1. The molecule has 0 amide bonds. The van der Waals surface area contributed by atoms with E-state index in [0.29, 0.717) is 0 Å². The van der Waals surface area contributed by atoms with E-state index in [9.17, 15) is 9.90 Å². The van der Waals surface area contributed by atoms with E-state index in [0.717, 1.165) is 75.6 Å². The maximum atomic E-state index is 11.7.